The van der Waals surface area contributed by atoms with Gasteiger partial charge < -0.3 is 16.2 Å². The third kappa shape index (κ3) is 2.77. The minimum Gasteiger partial charge on any atom is -0.387 e. The Morgan fingerprint density at radius 1 is 1.36 bits per heavy atom. The topological polar surface area (TPSA) is 74.2 Å². The van der Waals surface area contributed by atoms with Gasteiger partial charge in [0.2, 0.25) is 5.88 Å². The molecule has 0 atom stereocenters. The lowest BCUT2D eigenvalue weighted by atomic mass is 10.2. The quantitative estimate of drug-likeness (QED) is 0.759. The molecule has 0 spiro atoms. The van der Waals surface area contributed by atoms with Crippen LogP contribution in [-0.4, -0.2) is 11.3 Å². The molecule has 0 radical (unpaired) electrons. The standard InChI is InChI=1S/C7H8F3N3O/c8-7(9,10)14-6-4(3-11)1-2-5(12)13-6/h1-2H,3,11H2,(H2,12,13). The van der Waals surface area contributed by atoms with E-state index >= 15 is 0 Å². The molecule has 0 fully saturated rings. The van der Waals surface area contributed by atoms with Gasteiger partial charge in [0.05, 0.1) is 0 Å². The van der Waals surface area contributed by atoms with Gasteiger partial charge in [-0.2, -0.15) is 4.98 Å². The Balaban J connectivity index is 2.99. The Bertz CT molecular complexity index is 326. The SMILES string of the molecule is NCc1ccc(N)nc1OC(F)(F)F. The first-order valence-electron chi connectivity index (χ1n) is 3.63. The van der Waals surface area contributed by atoms with Gasteiger partial charge in [-0.25, -0.2) is 0 Å². The number of aromatic nitrogens is 1. The molecular formula is C7H8F3N3O. The normalized spacial score (nSPS) is 11.4. The third-order valence-electron chi connectivity index (χ3n) is 1.39. The fourth-order valence-corrected chi connectivity index (χ4v) is 0.837. The van der Waals surface area contributed by atoms with Crippen LogP contribution in [-0.2, 0) is 6.54 Å². The Hall–Kier alpha value is -1.50. The van der Waals surface area contributed by atoms with E-state index < -0.39 is 12.2 Å². The number of pyridine rings is 1. The summed E-state index contributed by atoms with van der Waals surface area (Å²) in [7, 11) is 0. The average molecular weight is 207 g/mol. The van der Waals surface area contributed by atoms with Crippen LogP contribution in [0.5, 0.6) is 5.88 Å². The van der Waals surface area contributed by atoms with Crippen LogP contribution in [0.3, 0.4) is 0 Å². The van der Waals surface area contributed by atoms with Crippen LogP contribution < -0.4 is 16.2 Å². The number of rotatable bonds is 2. The summed E-state index contributed by atoms with van der Waals surface area (Å²) in [6, 6.07) is 2.69. The number of alkyl halides is 3. The zero-order valence-electron chi connectivity index (χ0n) is 7.01. The predicted molar refractivity (Wildman–Crippen MR) is 43.2 cm³/mol. The van der Waals surface area contributed by atoms with Crippen LogP contribution in [0, 0.1) is 0 Å². The molecule has 0 aromatic carbocycles. The Morgan fingerprint density at radius 3 is 2.50 bits per heavy atom. The summed E-state index contributed by atoms with van der Waals surface area (Å²) >= 11 is 0. The van der Waals surface area contributed by atoms with Crippen LogP contribution >= 0.6 is 0 Å². The fourth-order valence-electron chi connectivity index (χ4n) is 0.837. The largest absolute Gasteiger partial charge is 0.574 e. The monoisotopic (exact) mass is 207 g/mol. The molecule has 78 valence electrons. The molecule has 0 aliphatic heterocycles. The summed E-state index contributed by atoms with van der Waals surface area (Å²) in [5.74, 6) is -0.651. The number of hydrogen-bond acceptors (Lipinski definition) is 4. The maximum Gasteiger partial charge on any atom is 0.574 e. The molecule has 1 aromatic rings. The second-order valence-corrected chi connectivity index (χ2v) is 2.45. The lowest BCUT2D eigenvalue weighted by Crippen LogP contribution is -2.20. The molecule has 0 amide bonds. The molecule has 0 unspecified atom stereocenters. The smallest absolute Gasteiger partial charge is 0.387 e. The van der Waals surface area contributed by atoms with Crippen LogP contribution in [0.2, 0.25) is 0 Å². The van der Waals surface area contributed by atoms with Crippen molar-refractivity contribution in [2.24, 2.45) is 5.73 Å². The Kier molecular flexibility index (Phi) is 2.80. The molecule has 0 aliphatic carbocycles. The molecule has 0 bridgehead atoms. The van der Waals surface area contributed by atoms with Crippen LogP contribution in [0.1, 0.15) is 5.56 Å². The molecule has 1 heterocycles. The first-order valence-corrected chi connectivity index (χ1v) is 3.63. The van der Waals surface area contributed by atoms with Crippen LogP contribution in [0.15, 0.2) is 12.1 Å². The van der Waals surface area contributed by atoms with Crippen molar-refractivity contribution in [3.05, 3.63) is 17.7 Å². The van der Waals surface area contributed by atoms with Gasteiger partial charge in [0.15, 0.2) is 0 Å². The molecule has 0 saturated carbocycles. The van der Waals surface area contributed by atoms with E-state index in [0.717, 1.165) is 0 Å². The molecule has 1 aromatic heterocycles. The van der Waals surface area contributed by atoms with Gasteiger partial charge in [-0.3, -0.25) is 0 Å². The lowest BCUT2D eigenvalue weighted by Gasteiger charge is -2.11. The highest BCUT2D eigenvalue weighted by Crippen LogP contribution is 2.24. The van der Waals surface area contributed by atoms with Gasteiger partial charge in [-0.05, 0) is 12.1 Å². The second-order valence-electron chi connectivity index (χ2n) is 2.45. The van der Waals surface area contributed by atoms with Gasteiger partial charge in [-0.15, -0.1) is 13.2 Å². The van der Waals surface area contributed by atoms with Crippen molar-refractivity contribution >= 4 is 5.82 Å². The number of nitrogens with zero attached hydrogens (tertiary/aromatic N) is 1. The van der Waals surface area contributed by atoms with Crippen molar-refractivity contribution in [2.75, 3.05) is 5.73 Å². The van der Waals surface area contributed by atoms with Crippen molar-refractivity contribution < 1.29 is 17.9 Å². The number of hydrogen-bond donors (Lipinski definition) is 2. The van der Waals surface area contributed by atoms with E-state index in [2.05, 4.69) is 9.72 Å². The maximum absolute atomic E-state index is 11.8. The summed E-state index contributed by atoms with van der Waals surface area (Å²) in [4.78, 5) is 3.38. The molecule has 0 aliphatic rings. The summed E-state index contributed by atoms with van der Waals surface area (Å²) < 4.78 is 39.2. The van der Waals surface area contributed by atoms with Crippen LogP contribution in [0.25, 0.3) is 0 Å². The summed E-state index contributed by atoms with van der Waals surface area (Å²) in [6.45, 7) is -0.0985. The third-order valence-corrected chi connectivity index (χ3v) is 1.39. The molecule has 14 heavy (non-hydrogen) atoms. The molecular weight excluding hydrogens is 199 g/mol. The van der Waals surface area contributed by atoms with Crippen molar-refractivity contribution in [1.29, 1.82) is 0 Å². The van der Waals surface area contributed by atoms with Gasteiger partial charge in [0, 0.05) is 12.1 Å². The van der Waals surface area contributed by atoms with Gasteiger partial charge in [0.1, 0.15) is 5.82 Å². The van der Waals surface area contributed by atoms with E-state index in [1.165, 1.54) is 12.1 Å². The first-order chi connectivity index (χ1) is 6.42. The van der Waals surface area contributed by atoms with E-state index in [-0.39, 0.29) is 17.9 Å². The summed E-state index contributed by atoms with van der Waals surface area (Å²) in [5.41, 5.74) is 10.5. The summed E-state index contributed by atoms with van der Waals surface area (Å²) in [5, 5.41) is 0. The minimum atomic E-state index is -4.79. The van der Waals surface area contributed by atoms with Gasteiger partial charge in [-0.1, -0.05) is 0 Å². The van der Waals surface area contributed by atoms with Crippen LogP contribution in [0.4, 0.5) is 19.0 Å². The Morgan fingerprint density at radius 2 is 2.00 bits per heavy atom. The zero-order chi connectivity index (χ0) is 10.8. The molecule has 4 nitrogen and oxygen atoms in total. The predicted octanol–water partition coefficient (Wildman–Crippen LogP) is 1.02. The fraction of sp³-hybridized carbons (Fsp3) is 0.286. The first kappa shape index (κ1) is 10.6. The second kappa shape index (κ2) is 3.70. The molecule has 7 heteroatoms. The van der Waals surface area contributed by atoms with Crippen molar-refractivity contribution in [3.63, 3.8) is 0 Å². The van der Waals surface area contributed by atoms with E-state index in [1.807, 2.05) is 0 Å². The van der Waals surface area contributed by atoms with E-state index in [1.54, 1.807) is 0 Å². The number of anilines is 1. The number of halogens is 3. The van der Waals surface area contributed by atoms with E-state index in [4.69, 9.17) is 11.5 Å². The highest BCUT2D eigenvalue weighted by Gasteiger charge is 2.32. The molecule has 0 saturated heterocycles. The highest BCUT2D eigenvalue weighted by atomic mass is 19.4. The molecule has 4 N–H and O–H groups in total. The minimum absolute atomic E-state index is 0.0542. The Labute approximate surface area is 77.7 Å². The average Bonchev–Trinajstić information content (AvgIpc) is 2.01. The lowest BCUT2D eigenvalue weighted by molar-refractivity contribution is -0.276. The van der Waals surface area contributed by atoms with E-state index in [0.29, 0.717) is 0 Å². The van der Waals surface area contributed by atoms with Gasteiger partial charge in [0.25, 0.3) is 0 Å². The maximum atomic E-state index is 11.8. The highest BCUT2D eigenvalue weighted by molar-refractivity contribution is 5.37. The molecule has 1 rings (SSSR count). The number of ether oxygens (including phenoxy) is 1. The zero-order valence-corrected chi connectivity index (χ0v) is 7.01. The number of nitrogens with two attached hydrogens (primary N) is 2. The summed E-state index contributed by atoms with van der Waals surface area (Å²) in [6.07, 6.45) is -4.79. The van der Waals surface area contributed by atoms with Crippen molar-refractivity contribution in [2.45, 2.75) is 12.9 Å². The van der Waals surface area contributed by atoms with E-state index in [9.17, 15) is 13.2 Å². The van der Waals surface area contributed by atoms with Crippen molar-refractivity contribution in [1.82, 2.24) is 4.98 Å². The number of nitrogen functional groups attached to an aromatic ring is 1. The van der Waals surface area contributed by atoms with Gasteiger partial charge >= 0.3 is 6.36 Å². The van der Waals surface area contributed by atoms with Crippen molar-refractivity contribution in [3.8, 4) is 5.88 Å².